The minimum absolute atomic E-state index is 0.00560. The van der Waals surface area contributed by atoms with Gasteiger partial charge < -0.3 is 10.0 Å². The van der Waals surface area contributed by atoms with Crippen molar-refractivity contribution in [3.05, 3.63) is 0 Å². The van der Waals surface area contributed by atoms with Crippen LogP contribution in [-0.4, -0.2) is 45.5 Å². The maximum atomic E-state index is 11.1. The van der Waals surface area contributed by atoms with Crippen molar-refractivity contribution in [1.29, 1.82) is 0 Å². The van der Waals surface area contributed by atoms with Gasteiger partial charge in [0.05, 0.1) is 0 Å². The van der Waals surface area contributed by atoms with Gasteiger partial charge in [-0.2, -0.15) is 11.8 Å². The molecule has 0 bridgehead atoms. The Morgan fingerprint density at radius 1 is 1.69 bits per heavy atom. The van der Waals surface area contributed by atoms with E-state index in [0.717, 1.165) is 6.42 Å². The van der Waals surface area contributed by atoms with Gasteiger partial charge in [-0.1, -0.05) is 0 Å². The van der Waals surface area contributed by atoms with Crippen LogP contribution in [0, 0.1) is 0 Å². The van der Waals surface area contributed by atoms with Gasteiger partial charge in [0.1, 0.15) is 6.04 Å². The summed E-state index contributed by atoms with van der Waals surface area (Å²) in [5.74, 6) is -0.871. The van der Waals surface area contributed by atoms with Gasteiger partial charge >= 0.3 is 5.97 Å². The number of amides is 1. The lowest BCUT2D eigenvalue weighted by atomic mass is 10.0. The SMILES string of the molecule is CSC1CC2CC(=O)N2C1C(=O)O. The molecule has 1 amide bonds. The van der Waals surface area contributed by atoms with Crippen LogP contribution in [0.1, 0.15) is 12.8 Å². The predicted molar refractivity (Wildman–Crippen MR) is 48.6 cm³/mol. The van der Waals surface area contributed by atoms with E-state index in [-0.39, 0.29) is 17.2 Å². The number of carboxylic acid groups (broad SMARTS) is 1. The van der Waals surface area contributed by atoms with Crippen LogP contribution in [0.5, 0.6) is 0 Å². The molecule has 0 aromatic heterocycles. The van der Waals surface area contributed by atoms with E-state index in [1.54, 1.807) is 11.8 Å². The topological polar surface area (TPSA) is 57.6 Å². The van der Waals surface area contributed by atoms with Crippen molar-refractivity contribution in [2.75, 3.05) is 6.26 Å². The van der Waals surface area contributed by atoms with Crippen molar-refractivity contribution in [3.63, 3.8) is 0 Å². The first-order chi connectivity index (χ1) is 6.15. The fourth-order valence-electron chi connectivity index (χ4n) is 2.15. The molecule has 2 rings (SSSR count). The number of thioether (sulfide) groups is 1. The summed E-state index contributed by atoms with van der Waals surface area (Å²) < 4.78 is 0. The highest BCUT2D eigenvalue weighted by atomic mass is 32.2. The minimum atomic E-state index is -0.866. The van der Waals surface area contributed by atoms with E-state index in [0.29, 0.717) is 6.42 Å². The molecule has 2 saturated heterocycles. The Balaban J connectivity index is 2.19. The van der Waals surface area contributed by atoms with Crippen LogP contribution >= 0.6 is 11.8 Å². The Labute approximate surface area is 80.3 Å². The zero-order valence-electron chi connectivity index (χ0n) is 7.27. The summed E-state index contributed by atoms with van der Waals surface area (Å²) in [7, 11) is 0. The monoisotopic (exact) mass is 201 g/mol. The molecular weight excluding hydrogens is 190 g/mol. The van der Waals surface area contributed by atoms with Gasteiger partial charge in [-0.25, -0.2) is 4.79 Å². The average molecular weight is 201 g/mol. The van der Waals surface area contributed by atoms with Crippen molar-refractivity contribution in [1.82, 2.24) is 4.90 Å². The van der Waals surface area contributed by atoms with Crippen molar-refractivity contribution in [2.24, 2.45) is 0 Å². The number of fused-ring (bicyclic) bond motifs is 1. The highest BCUT2D eigenvalue weighted by Crippen LogP contribution is 2.39. The molecule has 2 aliphatic rings. The van der Waals surface area contributed by atoms with Gasteiger partial charge in [-0.3, -0.25) is 4.79 Å². The Kier molecular flexibility index (Phi) is 1.98. The van der Waals surface area contributed by atoms with Crippen LogP contribution in [0.2, 0.25) is 0 Å². The molecule has 2 aliphatic heterocycles. The highest BCUT2D eigenvalue weighted by Gasteiger charge is 2.53. The second-order valence-electron chi connectivity index (χ2n) is 3.45. The van der Waals surface area contributed by atoms with Crippen LogP contribution in [-0.2, 0) is 9.59 Å². The lowest BCUT2D eigenvalue weighted by molar-refractivity contribution is -0.156. The number of rotatable bonds is 2. The van der Waals surface area contributed by atoms with Crippen LogP contribution < -0.4 is 0 Å². The summed E-state index contributed by atoms with van der Waals surface area (Å²) in [5, 5.41) is 9.03. The third-order valence-electron chi connectivity index (χ3n) is 2.80. The van der Waals surface area contributed by atoms with E-state index in [9.17, 15) is 9.59 Å². The number of aliphatic carboxylic acids is 1. The summed E-state index contributed by atoms with van der Waals surface area (Å²) >= 11 is 1.54. The normalized spacial score (nSPS) is 37.2. The van der Waals surface area contributed by atoms with Gasteiger partial charge in [0, 0.05) is 17.7 Å². The van der Waals surface area contributed by atoms with E-state index in [4.69, 9.17) is 5.11 Å². The lowest BCUT2D eigenvalue weighted by Gasteiger charge is -2.37. The molecule has 0 aliphatic carbocycles. The lowest BCUT2D eigenvalue weighted by Crippen LogP contribution is -2.55. The second-order valence-corrected chi connectivity index (χ2v) is 4.53. The number of hydrogen-bond donors (Lipinski definition) is 1. The fraction of sp³-hybridized carbons (Fsp3) is 0.750. The Morgan fingerprint density at radius 3 is 2.85 bits per heavy atom. The molecule has 5 heteroatoms. The number of carbonyl (C=O) groups is 2. The van der Waals surface area contributed by atoms with Crippen molar-refractivity contribution >= 4 is 23.6 Å². The summed E-state index contributed by atoms with van der Waals surface area (Å²) in [4.78, 5) is 23.6. The highest BCUT2D eigenvalue weighted by molar-refractivity contribution is 7.99. The zero-order valence-corrected chi connectivity index (χ0v) is 8.08. The predicted octanol–water partition coefficient (Wildman–Crippen LogP) is 0.176. The minimum Gasteiger partial charge on any atom is -0.480 e. The standard InChI is InChI=1S/C8H11NO3S/c1-13-5-2-4-3-6(10)9(4)7(5)8(11)12/h4-5,7H,2-3H2,1H3,(H,11,12). The van der Waals surface area contributed by atoms with Crippen LogP contribution in [0.25, 0.3) is 0 Å². The molecule has 72 valence electrons. The van der Waals surface area contributed by atoms with Gasteiger partial charge in [0.15, 0.2) is 0 Å². The van der Waals surface area contributed by atoms with Crippen molar-refractivity contribution < 1.29 is 14.7 Å². The third kappa shape index (κ3) is 1.14. The number of hydrogen-bond acceptors (Lipinski definition) is 3. The molecule has 2 fully saturated rings. The molecular formula is C8H11NO3S. The molecule has 3 atom stereocenters. The summed E-state index contributed by atoms with van der Waals surface area (Å²) in [6.07, 6.45) is 3.28. The van der Waals surface area contributed by atoms with E-state index in [1.807, 2.05) is 6.26 Å². The smallest absolute Gasteiger partial charge is 0.327 e. The first kappa shape index (κ1) is 8.87. The number of carboxylic acids is 1. The first-order valence-electron chi connectivity index (χ1n) is 4.22. The summed E-state index contributed by atoms with van der Waals surface area (Å²) in [5.41, 5.74) is 0. The van der Waals surface area contributed by atoms with Gasteiger partial charge in [0.25, 0.3) is 0 Å². The quantitative estimate of drug-likeness (QED) is 0.647. The Morgan fingerprint density at radius 2 is 2.38 bits per heavy atom. The van der Waals surface area contributed by atoms with Crippen LogP contribution in [0.3, 0.4) is 0 Å². The number of carbonyl (C=O) groups excluding carboxylic acids is 1. The average Bonchev–Trinajstić information content (AvgIpc) is 2.37. The first-order valence-corrected chi connectivity index (χ1v) is 5.50. The van der Waals surface area contributed by atoms with E-state index in [1.165, 1.54) is 4.90 Å². The molecule has 3 unspecified atom stereocenters. The molecule has 0 spiro atoms. The number of β-lactam (4-membered cyclic amide) rings is 1. The van der Waals surface area contributed by atoms with Gasteiger partial charge in [-0.05, 0) is 12.7 Å². The van der Waals surface area contributed by atoms with Gasteiger partial charge in [0.2, 0.25) is 5.91 Å². The summed E-state index contributed by atoms with van der Waals surface area (Å²) in [6, 6.07) is -0.382. The molecule has 0 radical (unpaired) electrons. The Hall–Kier alpha value is -0.710. The van der Waals surface area contributed by atoms with Crippen molar-refractivity contribution in [2.45, 2.75) is 30.2 Å². The van der Waals surface area contributed by atoms with E-state index in [2.05, 4.69) is 0 Å². The Bertz CT molecular complexity index is 268. The molecule has 0 aromatic rings. The largest absolute Gasteiger partial charge is 0.480 e. The molecule has 4 nitrogen and oxygen atoms in total. The zero-order chi connectivity index (χ0) is 9.59. The molecule has 0 aromatic carbocycles. The summed E-state index contributed by atoms with van der Waals surface area (Å²) in [6.45, 7) is 0. The van der Waals surface area contributed by atoms with Gasteiger partial charge in [-0.15, -0.1) is 0 Å². The molecule has 2 heterocycles. The maximum absolute atomic E-state index is 11.1. The van der Waals surface area contributed by atoms with Crippen molar-refractivity contribution in [3.8, 4) is 0 Å². The third-order valence-corrected chi connectivity index (χ3v) is 3.86. The maximum Gasteiger partial charge on any atom is 0.327 e. The second kappa shape index (κ2) is 2.90. The molecule has 13 heavy (non-hydrogen) atoms. The number of nitrogens with zero attached hydrogens (tertiary/aromatic N) is 1. The van der Waals surface area contributed by atoms with Crippen LogP contribution in [0.4, 0.5) is 0 Å². The van der Waals surface area contributed by atoms with Crippen LogP contribution in [0.15, 0.2) is 0 Å². The molecule has 0 saturated carbocycles. The van der Waals surface area contributed by atoms with E-state index < -0.39 is 12.0 Å². The fourth-order valence-corrected chi connectivity index (χ4v) is 3.07. The van der Waals surface area contributed by atoms with E-state index >= 15 is 0 Å². The molecule has 1 N–H and O–H groups in total.